The number of hydrogen-bond acceptors (Lipinski definition) is 4. The molecule has 1 saturated heterocycles. The zero-order valence-electron chi connectivity index (χ0n) is 12.4. The maximum absolute atomic E-state index is 12.0. The summed E-state index contributed by atoms with van der Waals surface area (Å²) in [7, 11) is 0. The summed E-state index contributed by atoms with van der Waals surface area (Å²) in [5, 5.41) is 9.88. The summed E-state index contributed by atoms with van der Waals surface area (Å²) >= 11 is 0. The van der Waals surface area contributed by atoms with Gasteiger partial charge in [-0.15, -0.1) is 0 Å². The van der Waals surface area contributed by atoms with Crippen LogP contribution in [0.15, 0.2) is 10.9 Å². The van der Waals surface area contributed by atoms with Gasteiger partial charge in [0.2, 0.25) is 11.8 Å². The number of nitrogens with one attached hydrogen (secondary N) is 2. The summed E-state index contributed by atoms with van der Waals surface area (Å²) in [6.45, 7) is 1.13. The molecule has 0 saturated carbocycles. The molecule has 2 heterocycles. The third kappa shape index (κ3) is 3.18. The normalized spacial score (nSPS) is 20.4. The quantitative estimate of drug-likeness (QED) is 0.775. The number of piperidine rings is 1. The number of amides is 2. The van der Waals surface area contributed by atoms with Gasteiger partial charge in [-0.25, -0.2) is 4.68 Å². The summed E-state index contributed by atoms with van der Waals surface area (Å²) in [5.74, 6) is -0.255. The number of fused-ring (bicyclic) bond motifs is 1. The summed E-state index contributed by atoms with van der Waals surface area (Å²) in [6, 6.07) is 1.66. The lowest BCUT2D eigenvalue weighted by atomic mass is 9.98. The molecule has 1 aliphatic carbocycles. The molecule has 3 rings (SSSR count). The van der Waals surface area contributed by atoms with Crippen molar-refractivity contribution in [3.8, 4) is 0 Å². The third-order valence-electron chi connectivity index (χ3n) is 4.28. The Balaban J connectivity index is 1.52. The van der Waals surface area contributed by atoms with Gasteiger partial charge in [0.25, 0.3) is 5.56 Å². The van der Waals surface area contributed by atoms with Crippen LogP contribution in [0.4, 0.5) is 0 Å². The predicted octanol–water partition coefficient (Wildman–Crippen LogP) is -0.626. The minimum atomic E-state index is -0.178. The second-order valence-electron chi connectivity index (χ2n) is 5.86. The number of nitrogens with zero attached hydrogens (tertiary/aromatic N) is 2. The molecule has 1 aromatic heterocycles. The molecule has 1 fully saturated rings. The Hall–Kier alpha value is -2.18. The van der Waals surface area contributed by atoms with Crippen molar-refractivity contribution in [1.82, 2.24) is 20.4 Å². The Morgan fingerprint density at radius 3 is 3.00 bits per heavy atom. The lowest BCUT2D eigenvalue weighted by Gasteiger charge is -2.21. The molecule has 118 valence electrons. The first-order valence-electron chi connectivity index (χ1n) is 7.78. The zero-order chi connectivity index (χ0) is 15.5. The van der Waals surface area contributed by atoms with Crippen LogP contribution in [-0.4, -0.2) is 34.7 Å². The van der Waals surface area contributed by atoms with Crippen LogP contribution in [-0.2, 0) is 29.0 Å². The van der Waals surface area contributed by atoms with Crippen molar-refractivity contribution < 1.29 is 9.59 Å². The SMILES string of the molecule is O=C1CCC(C(=O)NCCn2nc3c(cc2=O)CCC3)CN1. The number of hydrogen-bond donors (Lipinski definition) is 2. The van der Waals surface area contributed by atoms with Crippen LogP contribution in [0.3, 0.4) is 0 Å². The number of carbonyl (C=O) groups is 2. The monoisotopic (exact) mass is 304 g/mol. The second-order valence-corrected chi connectivity index (χ2v) is 5.86. The number of carbonyl (C=O) groups excluding carboxylic acids is 2. The molecule has 22 heavy (non-hydrogen) atoms. The average molecular weight is 304 g/mol. The molecule has 1 unspecified atom stereocenters. The largest absolute Gasteiger partial charge is 0.355 e. The van der Waals surface area contributed by atoms with Crippen LogP contribution in [0.1, 0.15) is 30.5 Å². The van der Waals surface area contributed by atoms with E-state index in [1.165, 1.54) is 4.68 Å². The highest BCUT2D eigenvalue weighted by Crippen LogP contribution is 2.16. The minimum Gasteiger partial charge on any atom is -0.355 e. The first kappa shape index (κ1) is 14.7. The highest BCUT2D eigenvalue weighted by Gasteiger charge is 2.24. The van der Waals surface area contributed by atoms with E-state index in [2.05, 4.69) is 15.7 Å². The van der Waals surface area contributed by atoms with Crippen molar-refractivity contribution >= 4 is 11.8 Å². The fourth-order valence-electron chi connectivity index (χ4n) is 2.99. The van der Waals surface area contributed by atoms with Crippen molar-refractivity contribution in [2.75, 3.05) is 13.1 Å². The molecule has 2 N–H and O–H groups in total. The van der Waals surface area contributed by atoms with Gasteiger partial charge in [-0.2, -0.15) is 5.10 Å². The van der Waals surface area contributed by atoms with E-state index in [4.69, 9.17) is 0 Å². The van der Waals surface area contributed by atoms with Crippen molar-refractivity contribution in [3.05, 3.63) is 27.7 Å². The van der Waals surface area contributed by atoms with Gasteiger partial charge in [-0.05, 0) is 31.2 Å². The molecule has 7 heteroatoms. The van der Waals surface area contributed by atoms with E-state index in [-0.39, 0.29) is 23.3 Å². The van der Waals surface area contributed by atoms with E-state index in [1.54, 1.807) is 6.07 Å². The first-order valence-corrected chi connectivity index (χ1v) is 7.78. The lowest BCUT2D eigenvalue weighted by Crippen LogP contribution is -2.44. The summed E-state index contributed by atoms with van der Waals surface area (Å²) in [5.41, 5.74) is 1.95. The standard InChI is InChI=1S/C15H20N4O3/c20-13-5-4-11(9-17-13)15(22)16-6-7-19-14(21)8-10-2-1-3-12(10)18-19/h8,11H,1-7,9H2,(H,16,22)(H,17,20). The smallest absolute Gasteiger partial charge is 0.267 e. The Labute approximate surface area is 128 Å². The van der Waals surface area contributed by atoms with Crippen LogP contribution in [0.2, 0.25) is 0 Å². The Kier molecular flexibility index (Phi) is 4.22. The Morgan fingerprint density at radius 1 is 1.36 bits per heavy atom. The lowest BCUT2D eigenvalue weighted by molar-refractivity contribution is -0.128. The second kappa shape index (κ2) is 6.29. The van der Waals surface area contributed by atoms with Crippen LogP contribution in [0, 0.1) is 5.92 Å². The first-order chi connectivity index (χ1) is 10.6. The Bertz CT molecular complexity index is 643. The summed E-state index contributed by atoms with van der Waals surface area (Å²) in [6.07, 6.45) is 3.88. The van der Waals surface area contributed by atoms with Gasteiger partial charge < -0.3 is 10.6 Å². The molecule has 0 aromatic carbocycles. The van der Waals surface area contributed by atoms with E-state index in [9.17, 15) is 14.4 Å². The van der Waals surface area contributed by atoms with E-state index in [0.29, 0.717) is 32.5 Å². The zero-order valence-corrected chi connectivity index (χ0v) is 12.4. The number of rotatable bonds is 4. The molecular formula is C15H20N4O3. The molecule has 0 spiro atoms. The molecule has 0 bridgehead atoms. The number of aromatic nitrogens is 2. The van der Waals surface area contributed by atoms with E-state index in [0.717, 1.165) is 30.5 Å². The van der Waals surface area contributed by atoms with Gasteiger partial charge in [0.15, 0.2) is 0 Å². The average Bonchev–Trinajstić information content (AvgIpc) is 2.95. The highest BCUT2D eigenvalue weighted by atomic mass is 16.2. The van der Waals surface area contributed by atoms with Crippen LogP contribution in [0.5, 0.6) is 0 Å². The van der Waals surface area contributed by atoms with Gasteiger partial charge in [0.05, 0.1) is 18.2 Å². The van der Waals surface area contributed by atoms with Crippen molar-refractivity contribution in [2.24, 2.45) is 5.92 Å². The van der Waals surface area contributed by atoms with E-state index >= 15 is 0 Å². The maximum atomic E-state index is 12.0. The molecule has 2 aliphatic rings. The molecule has 7 nitrogen and oxygen atoms in total. The molecule has 1 atom stereocenters. The van der Waals surface area contributed by atoms with E-state index in [1.807, 2.05) is 0 Å². The third-order valence-corrected chi connectivity index (χ3v) is 4.28. The molecule has 1 aliphatic heterocycles. The van der Waals surface area contributed by atoms with Gasteiger partial charge in [0, 0.05) is 25.6 Å². The highest BCUT2D eigenvalue weighted by molar-refractivity contribution is 5.83. The molecule has 2 amide bonds. The van der Waals surface area contributed by atoms with Gasteiger partial charge in [-0.3, -0.25) is 14.4 Å². The Morgan fingerprint density at radius 2 is 2.23 bits per heavy atom. The predicted molar refractivity (Wildman–Crippen MR) is 79.3 cm³/mol. The van der Waals surface area contributed by atoms with Gasteiger partial charge in [0.1, 0.15) is 0 Å². The van der Waals surface area contributed by atoms with Crippen molar-refractivity contribution in [2.45, 2.75) is 38.6 Å². The summed E-state index contributed by atoms with van der Waals surface area (Å²) < 4.78 is 1.42. The van der Waals surface area contributed by atoms with Crippen LogP contribution >= 0.6 is 0 Å². The van der Waals surface area contributed by atoms with Crippen LogP contribution in [0.25, 0.3) is 0 Å². The topological polar surface area (TPSA) is 93.1 Å². The molecule has 1 aromatic rings. The van der Waals surface area contributed by atoms with E-state index < -0.39 is 0 Å². The fraction of sp³-hybridized carbons (Fsp3) is 0.600. The molecule has 0 radical (unpaired) electrons. The minimum absolute atomic E-state index is 0.00190. The molecular weight excluding hydrogens is 284 g/mol. The van der Waals surface area contributed by atoms with Crippen LogP contribution < -0.4 is 16.2 Å². The fourth-order valence-corrected chi connectivity index (χ4v) is 2.99. The van der Waals surface area contributed by atoms with Crippen molar-refractivity contribution in [3.63, 3.8) is 0 Å². The van der Waals surface area contributed by atoms with Gasteiger partial charge in [-0.1, -0.05) is 0 Å². The van der Waals surface area contributed by atoms with Crippen molar-refractivity contribution in [1.29, 1.82) is 0 Å². The van der Waals surface area contributed by atoms with Gasteiger partial charge >= 0.3 is 0 Å². The summed E-state index contributed by atoms with van der Waals surface area (Å²) in [4.78, 5) is 35.0. The number of aryl methyl sites for hydroxylation is 2. The maximum Gasteiger partial charge on any atom is 0.267 e.